The van der Waals surface area contributed by atoms with Gasteiger partial charge < -0.3 is 10.4 Å². The van der Waals surface area contributed by atoms with Gasteiger partial charge in [-0.1, -0.05) is 19.1 Å². The number of carbonyl (C=O) groups is 2. The van der Waals surface area contributed by atoms with Gasteiger partial charge in [-0.25, -0.2) is 0 Å². The number of carboxylic acids is 1. The summed E-state index contributed by atoms with van der Waals surface area (Å²) in [6.07, 6.45) is 1.62. The second-order valence-corrected chi connectivity index (χ2v) is 4.90. The van der Waals surface area contributed by atoms with E-state index >= 15 is 0 Å². The fraction of sp³-hybridized carbons (Fsp3) is 0.429. The SMILES string of the molecule is C[C@@H]1C[C@H]1C(=O)Nc1ccc(CCC(=O)O)cc1. The summed E-state index contributed by atoms with van der Waals surface area (Å²) in [6.45, 7) is 2.07. The monoisotopic (exact) mass is 247 g/mol. The van der Waals surface area contributed by atoms with E-state index in [2.05, 4.69) is 12.2 Å². The van der Waals surface area contributed by atoms with Crippen LogP contribution in [-0.4, -0.2) is 17.0 Å². The Hall–Kier alpha value is -1.84. The molecule has 1 aromatic carbocycles. The van der Waals surface area contributed by atoms with Gasteiger partial charge >= 0.3 is 5.97 Å². The van der Waals surface area contributed by atoms with Crippen molar-refractivity contribution in [1.82, 2.24) is 0 Å². The Bertz CT molecular complexity index is 453. The first-order chi connectivity index (χ1) is 8.56. The standard InChI is InChI=1S/C14H17NO3/c1-9-8-12(9)14(18)15-11-5-2-10(3-6-11)4-7-13(16)17/h2-3,5-6,9,12H,4,7-8H2,1H3,(H,15,18)(H,16,17)/t9-,12-/m1/s1. The molecule has 2 rings (SSSR count). The number of hydrogen-bond donors (Lipinski definition) is 2. The van der Waals surface area contributed by atoms with Crippen molar-refractivity contribution in [2.24, 2.45) is 11.8 Å². The smallest absolute Gasteiger partial charge is 0.303 e. The van der Waals surface area contributed by atoms with Gasteiger partial charge in [0, 0.05) is 18.0 Å². The molecule has 1 aliphatic rings. The van der Waals surface area contributed by atoms with Gasteiger partial charge in [0.1, 0.15) is 0 Å². The summed E-state index contributed by atoms with van der Waals surface area (Å²) in [5.41, 5.74) is 1.74. The van der Waals surface area contributed by atoms with Crippen molar-refractivity contribution >= 4 is 17.6 Å². The van der Waals surface area contributed by atoms with E-state index in [4.69, 9.17) is 5.11 Å². The Kier molecular flexibility index (Phi) is 3.65. The lowest BCUT2D eigenvalue weighted by molar-refractivity contribution is -0.137. The Morgan fingerprint density at radius 2 is 1.94 bits per heavy atom. The van der Waals surface area contributed by atoms with Crippen LogP contribution in [0.25, 0.3) is 0 Å². The average Bonchev–Trinajstić information content (AvgIpc) is 3.05. The summed E-state index contributed by atoms with van der Waals surface area (Å²) in [5.74, 6) is -0.0487. The van der Waals surface area contributed by atoms with Gasteiger partial charge in [-0.15, -0.1) is 0 Å². The maximum absolute atomic E-state index is 11.7. The topological polar surface area (TPSA) is 66.4 Å². The summed E-state index contributed by atoms with van der Waals surface area (Å²) in [7, 11) is 0. The average molecular weight is 247 g/mol. The number of benzene rings is 1. The molecule has 1 aliphatic carbocycles. The number of aryl methyl sites for hydroxylation is 1. The van der Waals surface area contributed by atoms with Crippen LogP contribution in [0.3, 0.4) is 0 Å². The van der Waals surface area contributed by atoms with Gasteiger partial charge in [-0.05, 0) is 36.5 Å². The molecule has 0 spiro atoms. The van der Waals surface area contributed by atoms with E-state index in [1.807, 2.05) is 24.3 Å². The van der Waals surface area contributed by atoms with Crippen LogP contribution in [0.5, 0.6) is 0 Å². The molecule has 2 atom stereocenters. The molecule has 0 saturated heterocycles. The van der Waals surface area contributed by atoms with E-state index in [0.717, 1.165) is 17.7 Å². The quantitative estimate of drug-likeness (QED) is 0.839. The highest BCUT2D eigenvalue weighted by Gasteiger charge is 2.38. The Labute approximate surface area is 106 Å². The predicted molar refractivity (Wildman–Crippen MR) is 68.3 cm³/mol. The van der Waals surface area contributed by atoms with Crippen LogP contribution >= 0.6 is 0 Å². The third kappa shape index (κ3) is 3.32. The summed E-state index contributed by atoms with van der Waals surface area (Å²) >= 11 is 0. The molecule has 2 N–H and O–H groups in total. The molecular formula is C14H17NO3. The largest absolute Gasteiger partial charge is 0.481 e. The van der Waals surface area contributed by atoms with Gasteiger partial charge in [-0.3, -0.25) is 9.59 Å². The van der Waals surface area contributed by atoms with E-state index in [1.54, 1.807) is 0 Å². The maximum Gasteiger partial charge on any atom is 0.303 e. The Morgan fingerprint density at radius 1 is 1.33 bits per heavy atom. The van der Waals surface area contributed by atoms with E-state index in [9.17, 15) is 9.59 Å². The highest BCUT2D eigenvalue weighted by Crippen LogP contribution is 2.38. The van der Waals surface area contributed by atoms with Crippen LogP contribution in [0.2, 0.25) is 0 Å². The number of rotatable bonds is 5. The fourth-order valence-corrected chi connectivity index (χ4v) is 1.93. The molecule has 96 valence electrons. The van der Waals surface area contributed by atoms with Crippen LogP contribution in [0.15, 0.2) is 24.3 Å². The normalized spacial score (nSPS) is 21.4. The van der Waals surface area contributed by atoms with Gasteiger partial charge in [0.05, 0.1) is 0 Å². The van der Waals surface area contributed by atoms with Crippen LogP contribution in [0.4, 0.5) is 5.69 Å². The van der Waals surface area contributed by atoms with Crippen molar-refractivity contribution in [2.75, 3.05) is 5.32 Å². The second kappa shape index (κ2) is 5.21. The number of hydrogen-bond acceptors (Lipinski definition) is 2. The van der Waals surface area contributed by atoms with Crippen molar-refractivity contribution in [3.8, 4) is 0 Å². The van der Waals surface area contributed by atoms with E-state index in [0.29, 0.717) is 12.3 Å². The Morgan fingerprint density at radius 3 is 2.44 bits per heavy atom. The lowest BCUT2D eigenvalue weighted by Crippen LogP contribution is -2.14. The third-order valence-electron chi connectivity index (χ3n) is 3.30. The summed E-state index contributed by atoms with van der Waals surface area (Å²) in [6, 6.07) is 7.36. The number of nitrogens with one attached hydrogen (secondary N) is 1. The molecule has 0 bridgehead atoms. The maximum atomic E-state index is 11.7. The highest BCUT2D eigenvalue weighted by molar-refractivity contribution is 5.94. The van der Waals surface area contributed by atoms with Crippen molar-refractivity contribution in [2.45, 2.75) is 26.2 Å². The fourth-order valence-electron chi connectivity index (χ4n) is 1.93. The number of anilines is 1. The Balaban J connectivity index is 1.87. The molecule has 0 radical (unpaired) electrons. The molecule has 1 saturated carbocycles. The molecule has 1 fully saturated rings. The number of aliphatic carboxylic acids is 1. The van der Waals surface area contributed by atoms with Crippen molar-refractivity contribution < 1.29 is 14.7 Å². The molecular weight excluding hydrogens is 230 g/mol. The molecule has 18 heavy (non-hydrogen) atoms. The zero-order valence-electron chi connectivity index (χ0n) is 10.3. The van der Waals surface area contributed by atoms with E-state index in [-0.39, 0.29) is 18.2 Å². The van der Waals surface area contributed by atoms with Crippen LogP contribution in [0, 0.1) is 11.8 Å². The zero-order valence-corrected chi connectivity index (χ0v) is 10.3. The molecule has 0 unspecified atom stereocenters. The van der Waals surface area contributed by atoms with Crippen LogP contribution < -0.4 is 5.32 Å². The summed E-state index contributed by atoms with van der Waals surface area (Å²) in [4.78, 5) is 22.1. The first-order valence-corrected chi connectivity index (χ1v) is 6.18. The summed E-state index contributed by atoms with van der Waals surface area (Å²) in [5, 5.41) is 11.5. The number of amides is 1. The molecule has 0 heterocycles. The van der Waals surface area contributed by atoms with Crippen molar-refractivity contribution in [3.63, 3.8) is 0 Å². The summed E-state index contributed by atoms with van der Waals surface area (Å²) < 4.78 is 0. The molecule has 4 nitrogen and oxygen atoms in total. The third-order valence-corrected chi connectivity index (χ3v) is 3.30. The minimum atomic E-state index is -0.796. The van der Waals surface area contributed by atoms with Gasteiger partial charge in [0.25, 0.3) is 0 Å². The van der Waals surface area contributed by atoms with E-state index in [1.165, 1.54) is 0 Å². The highest BCUT2D eigenvalue weighted by atomic mass is 16.4. The van der Waals surface area contributed by atoms with Gasteiger partial charge in [0.15, 0.2) is 0 Å². The molecule has 0 aliphatic heterocycles. The molecule has 0 aromatic heterocycles. The lowest BCUT2D eigenvalue weighted by atomic mass is 10.1. The lowest BCUT2D eigenvalue weighted by Gasteiger charge is -2.05. The zero-order chi connectivity index (χ0) is 13.1. The van der Waals surface area contributed by atoms with Gasteiger partial charge in [-0.2, -0.15) is 0 Å². The molecule has 1 aromatic rings. The first-order valence-electron chi connectivity index (χ1n) is 6.18. The van der Waals surface area contributed by atoms with Crippen molar-refractivity contribution in [1.29, 1.82) is 0 Å². The minimum Gasteiger partial charge on any atom is -0.481 e. The minimum absolute atomic E-state index is 0.0841. The number of carbonyl (C=O) groups excluding carboxylic acids is 1. The van der Waals surface area contributed by atoms with Crippen LogP contribution in [-0.2, 0) is 16.0 Å². The van der Waals surface area contributed by atoms with Crippen molar-refractivity contribution in [3.05, 3.63) is 29.8 Å². The second-order valence-electron chi connectivity index (χ2n) is 4.90. The van der Waals surface area contributed by atoms with E-state index < -0.39 is 5.97 Å². The van der Waals surface area contributed by atoms with Crippen LogP contribution in [0.1, 0.15) is 25.3 Å². The first kappa shape index (κ1) is 12.6. The molecule has 1 amide bonds. The molecule has 4 heteroatoms. The van der Waals surface area contributed by atoms with Gasteiger partial charge in [0.2, 0.25) is 5.91 Å². The predicted octanol–water partition coefficient (Wildman–Crippen LogP) is 2.30. The number of carboxylic acid groups (broad SMARTS) is 1.